The molecule has 1 saturated heterocycles. The number of amides is 1. The van der Waals surface area contributed by atoms with E-state index >= 15 is 0 Å². The molecule has 1 aromatic heterocycles. The normalized spacial score (nSPS) is 16.6. The van der Waals surface area contributed by atoms with Gasteiger partial charge in [-0.15, -0.1) is 0 Å². The van der Waals surface area contributed by atoms with Gasteiger partial charge in [-0.3, -0.25) is 0 Å². The smallest absolute Gasteiger partial charge is 0.410 e. The summed E-state index contributed by atoms with van der Waals surface area (Å²) in [6.07, 6.45) is -0.261. The number of nitrogens with zero attached hydrogens (tertiary/aromatic N) is 2. The van der Waals surface area contributed by atoms with Crippen molar-refractivity contribution < 1.29 is 14.1 Å². The predicted molar refractivity (Wildman–Crippen MR) is 69.7 cm³/mol. The van der Waals surface area contributed by atoms with Crippen LogP contribution < -0.4 is 0 Å². The highest BCUT2D eigenvalue weighted by molar-refractivity contribution is 9.08. The maximum atomic E-state index is 11.7. The number of ether oxygens (including phenoxy) is 1. The van der Waals surface area contributed by atoms with Crippen LogP contribution in [0.2, 0.25) is 0 Å². The Kier molecular flexibility index (Phi) is 3.66. The van der Waals surface area contributed by atoms with Crippen molar-refractivity contribution in [3.05, 3.63) is 17.5 Å². The minimum atomic E-state index is -0.445. The summed E-state index contributed by atoms with van der Waals surface area (Å²) in [4.78, 5) is 13.4. The van der Waals surface area contributed by atoms with E-state index in [1.807, 2.05) is 26.8 Å². The lowest BCUT2D eigenvalue weighted by atomic mass is 9.97. The van der Waals surface area contributed by atoms with Crippen LogP contribution in [-0.4, -0.2) is 34.8 Å². The molecule has 18 heavy (non-hydrogen) atoms. The van der Waals surface area contributed by atoms with Gasteiger partial charge in [0.25, 0.3) is 0 Å². The summed E-state index contributed by atoms with van der Waals surface area (Å²) in [6, 6.07) is 1.92. The lowest BCUT2D eigenvalue weighted by Gasteiger charge is -2.38. The molecule has 0 aliphatic carbocycles. The standard InChI is InChI=1S/C12H17BrN2O3/c1-12(2,3)17-11(16)15-6-8(7-15)10-4-9(5-13)18-14-10/h4,8H,5-7H2,1-3H3. The van der Waals surface area contributed by atoms with Crippen molar-refractivity contribution in [3.8, 4) is 0 Å². The van der Waals surface area contributed by atoms with Crippen molar-refractivity contribution in [2.45, 2.75) is 37.6 Å². The monoisotopic (exact) mass is 316 g/mol. The number of likely N-dealkylation sites (tertiary alicyclic amines) is 1. The third-order valence-corrected chi connectivity index (χ3v) is 3.21. The lowest BCUT2D eigenvalue weighted by molar-refractivity contribution is 0.00763. The second-order valence-electron chi connectivity index (χ2n) is 5.43. The second-order valence-corrected chi connectivity index (χ2v) is 5.99. The molecule has 2 rings (SSSR count). The molecule has 0 saturated carbocycles. The van der Waals surface area contributed by atoms with Gasteiger partial charge >= 0.3 is 6.09 Å². The van der Waals surface area contributed by atoms with E-state index in [9.17, 15) is 4.79 Å². The minimum Gasteiger partial charge on any atom is -0.444 e. The molecule has 1 amide bonds. The van der Waals surface area contributed by atoms with Crippen LogP contribution in [0.3, 0.4) is 0 Å². The van der Waals surface area contributed by atoms with E-state index in [-0.39, 0.29) is 12.0 Å². The fraction of sp³-hybridized carbons (Fsp3) is 0.667. The van der Waals surface area contributed by atoms with E-state index in [1.54, 1.807) is 4.90 Å². The van der Waals surface area contributed by atoms with E-state index in [1.165, 1.54) is 0 Å². The average molecular weight is 317 g/mol. The second kappa shape index (κ2) is 4.91. The van der Waals surface area contributed by atoms with Gasteiger partial charge in [-0.25, -0.2) is 4.79 Å². The van der Waals surface area contributed by atoms with Gasteiger partial charge < -0.3 is 14.2 Å². The van der Waals surface area contributed by atoms with Gasteiger partial charge in [0, 0.05) is 25.1 Å². The zero-order valence-corrected chi connectivity index (χ0v) is 12.4. The zero-order valence-electron chi connectivity index (χ0n) is 10.8. The van der Waals surface area contributed by atoms with Crippen molar-refractivity contribution >= 4 is 22.0 Å². The van der Waals surface area contributed by atoms with Gasteiger partial charge in [0.2, 0.25) is 0 Å². The molecular weight excluding hydrogens is 300 g/mol. The molecule has 6 heteroatoms. The van der Waals surface area contributed by atoms with Crippen LogP contribution in [-0.2, 0) is 10.1 Å². The number of aromatic nitrogens is 1. The van der Waals surface area contributed by atoms with Gasteiger partial charge in [0.15, 0.2) is 0 Å². The Bertz CT molecular complexity index is 433. The minimum absolute atomic E-state index is 0.258. The Morgan fingerprint density at radius 1 is 1.61 bits per heavy atom. The third-order valence-electron chi connectivity index (χ3n) is 2.66. The Balaban J connectivity index is 1.85. The summed E-state index contributed by atoms with van der Waals surface area (Å²) < 4.78 is 10.4. The average Bonchev–Trinajstić information content (AvgIpc) is 2.60. The van der Waals surface area contributed by atoms with Crippen LogP contribution >= 0.6 is 15.9 Å². The number of rotatable bonds is 2. The van der Waals surface area contributed by atoms with E-state index in [0.717, 1.165) is 11.5 Å². The molecule has 1 aliphatic heterocycles. The molecule has 0 N–H and O–H groups in total. The first kappa shape index (κ1) is 13.4. The molecule has 0 aromatic carbocycles. The van der Waals surface area contributed by atoms with Crippen LogP contribution in [0.5, 0.6) is 0 Å². The topological polar surface area (TPSA) is 55.6 Å². The molecule has 2 heterocycles. The summed E-state index contributed by atoms with van der Waals surface area (Å²) in [5, 5.41) is 4.65. The van der Waals surface area contributed by atoms with Gasteiger partial charge in [-0.1, -0.05) is 21.1 Å². The van der Waals surface area contributed by atoms with Gasteiger partial charge in [-0.2, -0.15) is 0 Å². The summed E-state index contributed by atoms with van der Waals surface area (Å²) in [5.74, 6) is 1.06. The highest BCUT2D eigenvalue weighted by Crippen LogP contribution is 2.28. The first-order valence-electron chi connectivity index (χ1n) is 5.88. The molecule has 0 atom stereocenters. The molecule has 100 valence electrons. The predicted octanol–water partition coefficient (Wildman–Crippen LogP) is 2.90. The summed E-state index contributed by atoms with van der Waals surface area (Å²) >= 11 is 3.31. The summed E-state index contributed by atoms with van der Waals surface area (Å²) in [6.45, 7) is 6.87. The van der Waals surface area contributed by atoms with Gasteiger partial charge in [-0.05, 0) is 20.8 Å². The number of alkyl halides is 1. The van der Waals surface area contributed by atoms with Crippen molar-refractivity contribution in [2.75, 3.05) is 13.1 Å². The molecule has 1 fully saturated rings. The van der Waals surface area contributed by atoms with Crippen LogP contribution in [0.15, 0.2) is 10.6 Å². The number of carbonyl (C=O) groups is 1. The Morgan fingerprint density at radius 3 is 2.78 bits per heavy atom. The lowest BCUT2D eigenvalue weighted by Crippen LogP contribution is -2.50. The summed E-state index contributed by atoms with van der Waals surface area (Å²) in [7, 11) is 0. The SMILES string of the molecule is CC(C)(C)OC(=O)N1CC(c2cc(CBr)on2)C1. The largest absolute Gasteiger partial charge is 0.444 e. The van der Waals surface area contributed by atoms with Gasteiger partial charge in [0.05, 0.1) is 11.0 Å². The van der Waals surface area contributed by atoms with E-state index in [2.05, 4.69) is 21.1 Å². The Morgan fingerprint density at radius 2 is 2.28 bits per heavy atom. The van der Waals surface area contributed by atoms with Crippen molar-refractivity contribution in [2.24, 2.45) is 0 Å². The first-order chi connectivity index (χ1) is 8.39. The van der Waals surface area contributed by atoms with E-state index in [4.69, 9.17) is 9.26 Å². The maximum Gasteiger partial charge on any atom is 0.410 e. The molecule has 0 spiro atoms. The number of carbonyl (C=O) groups excluding carboxylic acids is 1. The quantitative estimate of drug-likeness (QED) is 0.787. The zero-order chi connectivity index (χ0) is 13.3. The fourth-order valence-electron chi connectivity index (χ4n) is 1.73. The maximum absolute atomic E-state index is 11.7. The van der Waals surface area contributed by atoms with Crippen LogP contribution in [0.25, 0.3) is 0 Å². The van der Waals surface area contributed by atoms with Crippen molar-refractivity contribution in [1.29, 1.82) is 0 Å². The molecule has 1 aliphatic rings. The van der Waals surface area contributed by atoms with Crippen LogP contribution in [0, 0.1) is 0 Å². The van der Waals surface area contributed by atoms with Crippen LogP contribution in [0.4, 0.5) is 4.79 Å². The fourth-order valence-corrected chi connectivity index (χ4v) is 1.99. The number of halogens is 1. The molecule has 5 nitrogen and oxygen atoms in total. The molecule has 0 unspecified atom stereocenters. The highest BCUT2D eigenvalue weighted by atomic mass is 79.9. The molecule has 1 aromatic rings. The first-order valence-corrected chi connectivity index (χ1v) is 7.00. The molecular formula is C12H17BrN2O3. The molecule has 0 bridgehead atoms. The number of hydrogen-bond acceptors (Lipinski definition) is 4. The Hall–Kier alpha value is -1.04. The van der Waals surface area contributed by atoms with Crippen LogP contribution in [0.1, 0.15) is 38.1 Å². The Labute approximate surface area is 115 Å². The summed E-state index contributed by atoms with van der Waals surface area (Å²) in [5.41, 5.74) is 0.461. The third kappa shape index (κ3) is 3.04. The highest BCUT2D eigenvalue weighted by Gasteiger charge is 2.36. The van der Waals surface area contributed by atoms with Gasteiger partial charge in [0.1, 0.15) is 11.4 Å². The molecule has 0 radical (unpaired) electrons. The van der Waals surface area contributed by atoms with E-state index in [0.29, 0.717) is 18.4 Å². The van der Waals surface area contributed by atoms with Crippen molar-refractivity contribution in [3.63, 3.8) is 0 Å². The van der Waals surface area contributed by atoms with E-state index < -0.39 is 5.60 Å². The number of hydrogen-bond donors (Lipinski definition) is 0. The van der Waals surface area contributed by atoms with Crippen molar-refractivity contribution in [1.82, 2.24) is 10.1 Å².